The van der Waals surface area contributed by atoms with Gasteiger partial charge in [-0.25, -0.2) is 0 Å². The number of carbonyl (C=O) groups excluding carboxylic acids is 2. The normalized spacial score (nSPS) is 17.8. The van der Waals surface area contributed by atoms with E-state index >= 15 is 0 Å². The molecular formula is C15H19N3O2S. The highest BCUT2D eigenvalue weighted by Crippen LogP contribution is 2.24. The van der Waals surface area contributed by atoms with Crippen LogP contribution in [-0.4, -0.2) is 52.3 Å². The monoisotopic (exact) mass is 305 g/mol. The molecule has 0 spiro atoms. The van der Waals surface area contributed by atoms with Gasteiger partial charge in [-0.3, -0.25) is 9.59 Å². The van der Waals surface area contributed by atoms with E-state index in [1.165, 1.54) is 0 Å². The Balaban J connectivity index is 2.27. The van der Waals surface area contributed by atoms with E-state index in [1.54, 1.807) is 55.0 Å². The maximum Gasteiger partial charge on any atom is 0.254 e. The van der Waals surface area contributed by atoms with Crippen LogP contribution in [0.25, 0.3) is 0 Å². The van der Waals surface area contributed by atoms with Gasteiger partial charge in [-0.1, -0.05) is 24.4 Å². The van der Waals surface area contributed by atoms with Gasteiger partial charge in [0.25, 0.3) is 5.91 Å². The molecule has 0 atom stereocenters. The Morgan fingerprint density at radius 2 is 1.71 bits per heavy atom. The molecule has 0 radical (unpaired) electrons. The highest BCUT2D eigenvalue weighted by molar-refractivity contribution is 7.80. The van der Waals surface area contributed by atoms with Crippen LogP contribution in [0.2, 0.25) is 0 Å². The van der Waals surface area contributed by atoms with Crippen LogP contribution in [0, 0.1) is 0 Å². The second kappa shape index (κ2) is 5.44. The van der Waals surface area contributed by atoms with E-state index in [9.17, 15) is 9.59 Å². The fourth-order valence-electron chi connectivity index (χ4n) is 2.50. The van der Waals surface area contributed by atoms with Gasteiger partial charge in [-0.05, 0) is 26.0 Å². The van der Waals surface area contributed by atoms with E-state index in [1.807, 2.05) is 0 Å². The summed E-state index contributed by atoms with van der Waals surface area (Å²) < 4.78 is 0. The maximum atomic E-state index is 12.6. The molecule has 2 rings (SSSR count). The molecule has 6 heteroatoms. The summed E-state index contributed by atoms with van der Waals surface area (Å²) in [5.74, 6) is -0.210. The van der Waals surface area contributed by atoms with Crippen molar-refractivity contribution < 1.29 is 9.59 Å². The van der Waals surface area contributed by atoms with E-state index in [4.69, 9.17) is 18.0 Å². The van der Waals surface area contributed by atoms with Crippen LogP contribution >= 0.6 is 12.2 Å². The smallest absolute Gasteiger partial charge is 0.254 e. The minimum atomic E-state index is -0.841. The topological polar surface area (TPSA) is 66.6 Å². The van der Waals surface area contributed by atoms with Crippen LogP contribution in [0.5, 0.6) is 0 Å². The number of benzene rings is 1. The van der Waals surface area contributed by atoms with Gasteiger partial charge in [0, 0.05) is 31.3 Å². The molecule has 0 unspecified atom stereocenters. The number of likely N-dealkylation sites (N-methyl/N-ethyl adjacent to an activating group) is 1. The lowest BCUT2D eigenvalue weighted by atomic mass is 9.96. The molecular weight excluding hydrogens is 286 g/mol. The van der Waals surface area contributed by atoms with Crippen molar-refractivity contribution in [3.05, 3.63) is 35.4 Å². The van der Waals surface area contributed by atoms with Gasteiger partial charge < -0.3 is 15.5 Å². The zero-order chi connectivity index (χ0) is 15.8. The first-order valence-corrected chi connectivity index (χ1v) is 7.13. The molecule has 21 heavy (non-hydrogen) atoms. The summed E-state index contributed by atoms with van der Waals surface area (Å²) in [5.41, 5.74) is 5.95. The summed E-state index contributed by atoms with van der Waals surface area (Å²) in [6.07, 6.45) is 0. The third kappa shape index (κ3) is 2.76. The van der Waals surface area contributed by atoms with Crippen molar-refractivity contribution in [1.82, 2.24) is 9.80 Å². The van der Waals surface area contributed by atoms with Gasteiger partial charge in [-0.15, -0.1) is 0 Å². The highest BCUT2D eigenvalue weighted by atomic mass is 32.1. The number of hydrogen-bond donors (Lipinski definition) is 1. The Hall–Kier alpha value is -1.95. The molecule has 0 aliphatic carbocycles. The van der Waals surface area contributed by atoms with Crippen molar-refractivity contribution in [2.75, 3.05) is 20.1 Å². The summed E-state index contributed by atoms with van der Waals surface area (Å²) in [4.78, 5) is 28.4. The van der Waals surface area contributed by atoms with Crippen LogP contribution < -0.4 is 5.73 Å². The Morgan fingerprint density at radius 1 is 1.19 bits per heavy atom. The Labute approximate surface area is 129 Å². The average Bonchev–Trinajstić information content (AvgIpc) is 2.44. The predicted octanol–water partition coefficient (Wildman–Crippen LogP) is 1.01. The van der Waals surface area contributed by atoms with Gasteiger partial charge in [-0.2, -0.15) is 0 Å². The number of rotatable bonds is 2. The summed E-state index contributed by atoms with van der Waals surface area (Å²) >= 11 is 4.89. The van der Waals surface area contributed by atoms with E-state index in [0.29, 0.717) is 23.6 Å². The number of nitrogens with zero attached hydrogens (tertiary/aromatic N) is 2. The quantitative estimate of drug-likeness (QED) is 0.828. The SMILES string of the molecule is CN1CCN(C(=O)c2ccc(C(N)=S)cc2)C(C)(C)C1=O. The minimum absolute atomic E-state index is 0.0538. The fraction of sp³-hybridized carbons (Fsp3) is 0.400. The summed E-state index contributed by atoms with van der Waals surface area (Å²) in [6.45, 7) is 4.60. The van der Waals surface area contributed by atoms with E-state index in [2.05, 4.69) is 0 Å². The molecule has 1 saturated heterocycles. The average molecular weight is 305 g/mol. The number of piperazine rings is 1. The van der Waals surface area contributed by atoms with Crippen LogP contribution in [0.4, 0.5) is 0 Å². The second-order valence-corrected chi connectivity index (χ2v) is 6.12. The lowest BCUT2D eigenvalue weighted by Crippen LogP contribution is -2.63. The molecule has 1 aromatic rings. The van der Waals surface area contributed by atoms with Gasteiger partial charge in [0.2, 0.25) is 5.91 Å². The molecule has 5 nitrogen and oxygen atoms in total. The largest absolute Gasteiger partial charge is 0.389 e. The van der Waals surface area contributed by atoms with Crippen molar-refractivity contribution in [2.45, 2.75) is 19.4 Å². The molecule has 2 N–H and O–H groups in total. The third-order valence-corrected chi connectivity index (χ3v) is 4.10. The Kier molecular flexibility index (Phi) is 4.00. The Morgan fingerprint density at radius 3 is 2.24 bits per heavy atom. The fourth-order valence-corrected chi connectivity index (χ4v) is 2.64. The minimum Gasteiger partial charge on any atom is -0.389 e. The first-order chi connectivity index (χ1) is 9.75. The number of thiocarbonyl (C=S) groups is 1. The molecule has 1 aliphatic heterocycles. The number of hydrogen-bond acceptors (Lipinski definition) is 3. The van der Waals surface area contributed by atoms with Crippen LogP contribution in [-0.2, 0) is 4.79 Å². The lowest BCUT2D eigenvalue weighted by molar-refractivity contribution is -0.144. The van der Waals surface area contributed by atoms with E-state index in [0.717, 1.165) is 5.56 Å². The van der Waals surface area contributed by atoms with Gasteiger partial charge in [0.15, 0.2) is 0 Å². The first-order valence-electron chi connectivity index (χ1n) is 6.72. The van der Waals surface area contributed by atoms with Crippen molar-refractivity contribution in [3.63, 3.8) is 0 Å². The van der Waals surface area contributed by atoms with Gasteiger partial charge in [0.05, 0.1) is 0 Å². The van der Waals surface area contributed by atoms with Crippen molar-refractivity contribution in [1.29, 1.82) is 0 Å². The molecule has 0 bridgehead atoms. The highest BCUT2D eigenvalue weighted by Gasteiger charge is 2.43. The zero-order valence-electron chi connectivity index (χ0n) is 12.4. The number of nitrogens with two attached hydrogens (primary N) is 1. The predicted molar refractivity (Wildman–Crippen MR) is 85.1 cm³/mol. The summed E-state index contributed by atoms with van der Waals surface area (Å²) in [5, 5.41) is 0. The van der Waals surface area contributed by atoms with Gasteiger partial charge >= 0.3 is 0 Å². The van der Waals surface area contributed by atoms with Crippen LogP contribution in [0.1, 0.15) is 29.8 Å². The van der Waals surface area contributed by atoms with Gasteiger partial charge in [0.1, 0.15) is 10.5 Å². The van der Waals surface area contributed by atoms with Crippen molar-refractivity contribution >= 4 is 29.0 Å². The molecule has 0 aromatic heterocycles. The molecule has 1 aromatic carbocycles. The van der Waals surface area contributed by atoms with Crippen LogP contribution in [0.15, 0.2) is 24.3 Å². The third-order valence-electron chi connectivity index (χ3n) is 3.87. The lowest BCUT2D eigenvalue weighted by Gasteiger charge is -2.44. The molecule has 112 valence electrons. The molecule has 1 aliphatic rings. The zero-order valence-corrected chi connectivity index (χ0v) is 13.2. The van der Waals surface area contributed by atoms with E-state index in [-0.39, 0.29) is 11.8 Å². The summed E-state index contributed by atoms with van der Waals surface area (Å²) in [7, 11) is 1.75. The Bertz CT molecular complexity index is 595. The molecule has 2 amide bonds. The molecule has 1 fully saturated rings. The maximum absolute atomic E-state index is 12.6. The van der Waals surface area contributed by atoms with Crippen molar-refractivity contribution in [2.24, 2.45) is 5.73 Å². The number of amides is 2. The standard InChI is InChI=1S/C15H19N3O2S/c1-15(2)14(20)17(3)8-9-18(15)13(19)11-6-4-10(5-7-11)12(16)21/h4-7H,8-9H2,1-3H3,(H2,16,21). The van der Waals surface area contributed by atoms with E-state index < -0.39 is 5.54 Å². The number of carbonyl (C=O) groups is 2. The van der Waals surface area contributed by atoms with Crippen LogP contribution in [0.3, 0.4) is 0 Å². The molecule has 0 saturated carbocycles. The summed E-state index contributed by atoms with van der Waals surface area (Å²) in [6, 6.07) is 6.83. The second-order valence-electron chi connectivity index (χ2n) is 5.68. The van der Waals surface area contributed by atoms with Crippen molar-refractivity contribution in [3.8, 4) is 0 Å². The molecule has 1 heterocycles. The first kappa shape index (κ1) is 15.4.